The van der Waals surface area contributed by atoms with Gasteiger partial charge in [0, 0.05) is 11.8 Å². The molecule has 0 bridgehead atoms. The predicted molar refractivity (Wildman–Crippen MR) is 110 cm³/mol. The van der Waals surface area contributed by atoms with Crippen LogP contribution in [0.1, 0.15) is 0 Å². The Hall–Kier alpha value is -3.33. The first-order valence-corrected chi connectivity index (χ1v) is 9.63. The predicted octanol–water partition coefficient (Wildman–Crippen LogP) is 2.31. The van der Waals surface area contributed by atoms with Crippen molar-refractivity contribution in [3.8, 4) is 5.75 Å². The Morgan fingerprint density at radius 3 is 2.69 bits per heavy atom. The van der Waals surface area contributed by atoms with Crippen LogP contribution >= 0.6 is 11.8 Å². The van der Waals surface area contributed by atoms with E-state index < -0.39 is 5.97 Å². The van der Waals surface area contributed by atoms with E-state index in [0.717, 1.165) is 11.8 Å². The number of ether oxygens (including phenoxy) is 2. The van der Waals surface area contributed by atoms with E-state index in [1.165, 1.54) is 11.7 Å². The van der Waals surface area contributed by atoms with Crippen LogP contribution in [0.15, 0.2) is 58.5 Å². The van der Waals surface area contributed by atoms with E-state index in [1.807, 2.05) is 0 Å². The first-order valence-electron chi connectivity index (χ1n) is 8.65. The molecular weight excluding hydrogens is 394 g/mol. The fourth-order valence-corrected chi connectivity index (χ4v) is 3.42. The van der Waals surface area contributed by atoms with Crippen LogP contribution in [-0.2, 0) is 20.9 Å². The molecule has 0 atom stereocenters. The summed E-state index contributed by atoms with van der Waals surface area (Å²) in [4.78, 5) is 41.3. The van der Waals surface area contributed by atoms with Crippen LogP contribution in [0.2, 0.25) is 0 Å². The molecule has 1 amide bonds. The number of nitrogens with one attached hydrogen (secondary N) is 1. The maximum atomic E-state index is 12.8. The number of hydrogen-bond acceptors (Lipinski definition) is 7. The van der Waals surface area contributed by atoms with Crippen molar-refractivity contribution in [2.45, 2.75) is 11.7 Å². The Kier molecular flexibility index (Phi) is 6.50. The number of carbonyl (C=O) groups excluding carboxylic acids is 2. The van der Waals surface area contributed by atoms with Crippen molar-refractivity contribution in [2.24, 2.45) is 0 Å². The summed E-state index contributed by atoms with van der Waals surface area (Å²) >= 11 is 1.07. The highest BCUT2D eigenvalue weighted by atomic mass is 32.2. The van der Waals surface area contributed by atoms with E-state index in [-0.39, 0.29) is 28.9 Å². The summed E-state index contributed by atoms with van der Waals surface area (Å²) in [5, 5.41) is 3.42. The zero-order chi connectivity index (χ0) is 20.8. The second-order valence-electron chi connectivity index (χ2n) is 5.95. The average molecular weight is 413 g/mol. The number of carbonyl (C=O) groups is 2. The molecule has 0 fully saturated rings. The summed E-state index contributed by atoms with van der Waals surface area (Å²) < 4.78 is 11.0. The van der Waals surface area contributed by atoms with Crippen LogP contribution in [0, 0.1) is 0 Å². The van der Waals surface area contributed by atoms with Crippen LogP contribution in [0.5, 0.6) is 5.75 Å². The van der Waals surface area contributed by atoms with Gasteiger partial charge in [-0.25, -0.2) is 4.98 Å². The first kappa shape index (κ1) is 20.4. The number of anilines is 1. The third kappa shape index (κ3) is 4.94. The minimum absolute atomic E-state index is 0.00314. The molecule has 2 aromatic carbocycles. The molecule has 1 N–H and O–H groups in total. The highest BCUT2D eigenvalue weighted by Gasteiger charge is 2.16. The Bertz CT molecular complexity index is 1110. The monoisotopic (exact) mass is 413 g/mol. The van der Waals surface area contributed by atoms with E-state index in [4.69, 9.17) is 4.74 Å². The lowest BCUT2D eigenvalue weighted by molar-refractivity contribution is -0.141. The summed E-state index contributed by atoms with van der Waals surface area (Å²) in [6.07, 6.45) is 0. The van der Waals surface area contributed by atoms with Crippen LogP contribution in [0.4, 0.5) is 5.69 Å². The molecule has 3 aromatic rings. The lowest BCUT2D eigenvalue weighted by atomic mass is 10.2. The number of esters is 1. The Labute approximate surface area is 170 Å². The number of benzene rings is 2. The van der Waals surface area contributed by atoms with Gasteiger partial charge in [0.05, 0.1) is 30.9 Å². The number of rotatable bonds is 7. The Morgan fingerprint density at radius 2 is 1.93 bits per heavy atom. The fraction of sp³-hybridized carbons (Fsp3) is 0.200. The lowest BCUT2D eigenvalue weighted by Crippen LogP contribution is -2.28. The lowest BCUT2D eigenvalue weighted by Gasteiger charge is -2.12. The van der Waals surface area contributed by atoms with Gasteiger partial charge in [0.25, 0.3) is 5.56 Å². The van der Waals surface area contributed by atoms with Gasteiger partial charge in [-0.05, 0) is 24.3 Å². The quantitative estimate of drug-likeness (QED) is 0.360. The van der Waals surface area contributed by atoms with Crippen molar-refractivity contribution < 1.29 is 19.1 Å². The number of fused-ring (bicyclic) bond motifs is 1. The fourth-order valence-electron chi connectivity index (χ4n) is 2.62. The number of methoxy groups -OCH3 is 2. The molecule has 0 aliphatic heterocycles. The molecule has 0 spiro atoms. The van der Waals surface area contributed by atoms with Crippen LogP contribution in [0.25, 0.3) is 10.9 Å². The Morgan fingerprint density at radius 1 is 1.14 bits per heavy atom. The third-order valence-electron chi connectivity index (χ3n) is 4.03. The number of para-hydroxylation sites is 1. The van der Waals surface area contributed by atoms with Gasteiger partial charge in [0.1, 0.15) is 12.3 Å². The van der Waals surface area contributed by atoms with Crippen molar-refractivity contribution in [3.63, 3.8) is 0 Å². The molecular formula is C20H19N3O5S. The molecule has 0 aliphatic carbocycles. The van der Waals surface area contributed by atoms with Gasteiger partial charge < -0.3 is 14.8 Å². The largest absolute Gasteiger partial charge is 0.497 e. The number of aromatic nitrogens is 2. The molecule has 1 heterocycles. The van der Waals surface area contributed by atoms with E-state index in [9.17, 15) is 14.4 Å². The number of hydrogen-bond donors (Lipinski definition) is 1. The van der Waals surface area contributed by atoms with Crippen molar-refractivity contribution >= 4 is 40.2 Å². The van der Waals surface area contributed by atoms with Crippen molar-refractivity contribution in [1.29, 1.82) is 0 Å². The van der Waals surface area contributed by atoms with Gasteiger partial charge in [0.2, 0.25) is 5.91 Å². The normalized spacial score (nSPS) is 10.6. The van der Waals surface area contributed by atoms with Gasteiger partial charge in [-0.1, -0.05) is 30.0 Å². The van der Waals surface area contributed by atoms with Gasteiger partial charge in [0.15, 0.2) is 5.16 Å². The second-order valence-corrected chi connectivity index (χ2v) is 6.89. The van der Waals surface area contributed by atoms with Gasteiger partial charge in [-0.2, -0.15) is 0 Å². The van der Waals surface area contributed by atoms with Gasteiger partial charge in [-0.3, -0.25) is 19.0 Å². The van der Waals surface area contributed by atoms with Crippen molar-refractivity contribution in [1.82, 2.24) is 9.55 Å². The van der Waals surface area contributed by atoms with E-state index in [0.29, 0.717) is 22.3 Å². The topological polar surface area (TPSA) is 99.5 Å². The number of thioether (sulfide) groups is 1. The van der Waals surface area contributed by atoms with E-state index in [1.54, 1.807) is 55.6 Å². The summed E-state index contributed by atoms with van der Waals surface area (Å²) in [5.41, 5.74) is 0.722. The molecule has 0 aliphatic rings. The summed E-state index contributed by atoms with van der Waals surface area (Å²) in [6, 6.07) is 13.8. The number of amides is 1. The SMILES string of the molecule is COC(=O)Cn1c(SCC(=O)Nc2cccc(OC)c2)nc2ccccc2c1=O. The van der Waals surface area contributed by atoms with Crippen LogP contribution < -0.4 is 15.6 Å². The Balaban J connectivity index is 1.82. The summed E-state index contributed by atoms with van der Waals surface area (Å²) in [5.74, 6) is -0.232. The molecule has 150 valence electrons. The van der Waals surface area contributed by atoms with E-state index >= 15 is 0 Å². The average Bonchev–Trinajstić information content (AvgIpc) is 2.74. The summed E-state index contributed by atoms with van der Waals surface area (Å²) in [6.45, 7) is -0.285. The third-order valence-corrected chi connectivity index (χ3v) is 5.00. The smallest absolute Gasteiger partial charge is 0.325 e. The molecule has 29 heavy (non-hydrogen) atoms. The minimum atomic E-state index is -0.577. The molecule has 0 saturated heterocycles. The van der Waals surface area contributed by atoms with Gasteiger partial charge >= 0.3 is 5.97 Å². The number of nitrogens with zero attached hydrogens (tertiary/aromatic N) is 2. The zero-order valence-corrected chi connectivity index (χ0v) is 16.7. The maximum Gasteiger partial charge on any atom is 0.325 e. The molecule has 3 rings (SSSR count). The zero-order valence-electron chi connectivity index (χ0n) is 15.9. The van der Waals surface area contributed by atoms with Gasteiger partial charge in [-0.15, -0.1) is 0 Å². The van der Waals surface area contributed by atoms with Crippen LogP contribution in [-0.4, -0.2) is 41.4 Å². The maximum absolute atomic E-state index is 12.8. The highest BCUT2D eigenvalue weighted by Crippen LogP contribution is 2.20. The first-order chi connectivity index (χ1) is 14.0. The minimum Gasteiger partial charge on any atom is -0.497 e. The van der Waals surface area contributed by atoms with Crippen molar-refractivity contribution in [3.05, 3.63) is 58.9 Å². The molecule has 0 radical (unpaired) electrons. The standard InChI is InChI=1S/C20H19N3O5S/c1-27-14-7-5-6-13(10-14)21-17(24)12-29-20-22-16-9-4-3-8-15(16)19(26)23(20)11-18(25)28-2/h3-10H,11-12H2,1-2H3,(H,21,24). The molecule has 0 saturated carbocycles. The van der Waals surface area contributed by atoms with E-state index in [2.05, 4.69) is 15.0 Å². The molecule has 1 aromatic heterocycles. The molecule has 9 heteroatoms. The summed E-state index contributed by atoms with van der Waals surface area (Å²) in [7, 11) is 2.79. The molecule has 8 nitrogen and oxygen atoms in total. The highest BCUT2D eigenvalue weighted by molar-refractivity contribution is 7.99. The molecule has 0 unspecified atom stereocenters. The second kappa shape index (κ2) is 9.24. The van der Waals surface area contributed by atoms with Crippen molar-refractivity contribution in [2.75, 3.05) is 25.3 Å². The van der Waals surface area contributed by atoms with Crippen LogP contribution in [0.3, 0.4) is 0 Å².